The van der Waals surface area contributed by atoms with Crippen LogP contribution in [0, 0.1) is 0 Å². The number of nitrogens with one attached hydrogen (secondary N) is 1. The minimum atomic E-state index is -0.223. The van der Waals surface area contributed by atoms with E-state index in [0.717, 1.165) is 37.4 Å². The number of carbonyl (C=O) groups excluding carboxylic acids is 1. The van der Waals surface area contributed by atoms with Crippen LogP contribution in [0.2, 0.25) is 0 Å². The van der Waals surface area contributed by atoms with E-state index < -0.39 is 0 Å². The van der Waals surface area contributed by atoms with E-state index in [9.17, 15) is 4.79 Å². The number of rotatable bonds is 6. The Labute approximate surface area is 154 Å². The van der Waals surface area contributed by atoms with Crippen molar-refractivity contribution in [3.63, 3.8) is 0 Å². The fourth-order valence-electron chi connectivity index (χ4n) is 3.39. The summed E-state index contributed by atoms with van der Waals surface area (Å²) in [6, 6.07) is 2.30. The van der Waals surface area contributed by atoms with Gasteiger partial charge in [0.15, 0.2) is 5.82 Å². The molecule has 2 aliphatic rings. The number of hydrogen-bond acceptors (Lipinski definition) is 7. The summed E-state index contributed by atoms with van der Waals surface area (Å²) >= 11 is 0. The van der Waals surface area contributed by atoms with E-state index in [1.54, 1.807) is 12.0 Å². The Bertz CT molecular complexity index is 599. The highest BCUT2D eigenvalue weighted by Crippen LogP contribution is 2.26. The first kappa shape index (κ1) is 18.8. The number of hydrogen-bond donors (Lipinski definition) is 1. The highest BCUT2D eigenvalue weighted by molar-refractivity contribution is 5.67. The summed E-state index contributed by atoms with van der Waals surface area (Å²) < 4.78 is 15.8. The van der Waals surface area contributed by atoms with Crippen molar-refractivity contribution in [2.45, 2.75) is 44.8 Å². The molecule has 0 aliphatic carbocycles. The SMILES string of the molecule is CCOC(=O)N1CCC(Nc2cc(C3CCOC3)nc(COC)n2)CC1. The monoisotopic (exact) mass is 364 g/mol. The average molecular weight is 364 g/mol. The summed E-state index contributed by atoms with van der Waals surface area (Å²) in [6.45, 7) is 5.49. The first-order valence-corrected chi connectivity index (χ1v) is 9.32. The van der Waals surface area contributed by atoms with Gasteiger partial charge in [0.2, 0.25) is 0 Å². The third kappa shape index (κ3) is 4.82. The van der Waals surface area contributed by atoms with Gasteiger partial charge in [0.25, 0.3) is 0 Å². The van der Waals surface area contributed by atoms with Gasteiger partial charge in [-0.15, -0.1) is 0 Å². The molecule has 0 spiro atoms. The number of amides is 1. The lowest BCUT2D eigenvalue weighted by atomic mass is 10.0. The van der Waals surface area contributed by atoms with Gasteiger partial charge in [0, 0.05) is 44.8 Å². The van der Waals surface area contributed by atoms with Crippen LogP contribution in [0.5, 0.6) is 0 Å². The van der Waals surface area contributed by atoms with Gasteiger partial charge in [-0.25, -0.2) is 14.8 Å². The summed E-state index contributed by atoms with van der Waals surface area (Å²) in [4.78, 5) is 22.8. The third-order valence-corrected chi connectivity index (χ3v) is 4.79. The molecular formula is C18H28N4O4. The molecule has 3 heterocycles. The summed E-state index contributed by atoms with van der Waals surface area (Å²) in [5.74, 6) is 1.83. The Kier molecular flexibility index (Phi) is 6.62. The third-order valence-electron chi connectivity index (χ3n) is 4.79. The number of piperidine rings is 1. The molecule has 144 valence electrons. The molecule has 0 radical (unpaired) electrons. The molecule has 8 nitrogen and oxygen atoms in total. The highest BCUT2D eigenvalue weighted by Gasteiger charge is 2.25. The minimum Gasteiger partial charge on any atom is -0.450 e. The van der Waals surface area contributed by atoms with Crippen LogP contribution in [-0.2, 0) is 20.8 Å². The standard InChI is InChI=1S/C18H28N4O4/c1-3-26-18(23)22-7-4-14(5-8-22)19-16-10-15(13-6-9-25-11-13)20-17(21-16)12-24-2/h10,13-14H,3-9,11-12H2,1-2H3,(H,19,20,21). The number of aromatic nitrogens is 2. The lowest BCUT2D eigenvalue weighted by Gasteiger charge is -2.32. The van der Waals surface area contributed by atoms with Crippen LogP contribution in [-0.4, -0.2) is 67.0 Å². The van der Waals surface area contributed by atoms with Crippen LogP contribution in [0.3, 0.4) is 0 Å². The smallest absolute Gasteiger partial charge is 0.409 e. The van der Waals surface area contributed by atoms with Gasteiger partial charge in [0.05, 0.1) is 18.9 Å². The van der Waals surface area contributed by atoms with Crippen molar-refractivity contribution in [1.29, 1.82) is 0 Å². The Balaban J connectivity index is 1.63. The number of carbonyl (C=O) groups is 1. The summed E-state index contributed by atoms with van der Waals surface area (Å²) in [5.41, 5.74) is 1.01. The van der Waals surface area contributed by atoms with Crippen LogP contribution < -0.4 is 5.32 Å². The zero-order valence-electron chi connectivity index (χ0n) is 15.6. The molecule has 2 fully saturated rings. The van der Waals surface area contributed by atoms with Gasteiger partial charge in [-0.05, 0) is 26.2 Å². The Morgan fingerprint density at radius 1 is 1.35 bits per heavy atom. The van der Waals surface area contributed by atoms with Gasteiger partial charge < -0.3 is 24.4 Å². The lowest BCUT2D eigenvalue weighted by molar-refractivity contribution is 0.0983. The van der Waals surface area contributed by atoms with Crippen molar-refractivity contribution in [1.82, 2.24) is 14.9 Å². The molecule has 1 unspecified atom stereocenters. The van der Waals surface area contributed by atoms with E-state index in [-0.39, 0.29) is 12.1 Å². The maximum atomic E-state index is 11.8. The van der Waals surface area contributed by atoms with E-state index in [2.05, 4.69) is 15.3 Å². The molecule has 1 atom stereocenters. The molecule has 1 N–H and O–H groups in total. The van der Waals surface area contributed by atoms with Crippen molar-refractivity contribution in [3.05, 3.63) is 17.6 Å². The summed E-state index contributed by atoms with van der Waals surface area (Å²) in [5, 5.41) is 3.51. The van der Waals surface area contributed by atoms with E-state index >= 15 is 0 Å². The maximum absolute atomic E-state index is 11.8. The number of likely N-dealkylation sites (tertiary alicyclic amines) is 1. The first-order chi connectivity index (χ1) is 12.7. The molecule has 1 amide bonds. The Morgan fingerprint density at radius 2 is 2.15 bits per heavy atom. The topological polar surface area (TPSA) is 85.8 Å². The molecule has 26 heavy (non-hydrogen) atoms. The number of methoxy groups -OCH3 is 1. The first-order valence-electron chi connectivity index (χ1n) is 9.32. The number of nitrogens with zero attached hydrogens (tertiary/aromatic N) is 3. The van der Waals surface area contributed by atoms with Crippen molar-refractivity contribution in [2.24, 2.45) is 0 Å². The van der Waals surface area contributed by atoms with Crippen molar-refractivity contribution in [2.75, 3.05) is 45.3 Å². The zero-order chi connectivity index (χ0) is 18.4. The molecule has 8 heteroatoms. The van der Waals surface area contributed by atoms with Crippen molar-refractivity contribution < 1.29 is 19.0 Å². The minimum absolute atomic E-state index is 0.223. The molecule has 1 aromatic rings. The summed E-state index contributed by atoms with van der Waals surface area (Å²) in [7, 11) is 1.65. The van der Waals surface area contributed by atoms with Gasteiger partial charge in [-0.2, -0.15) is 0 Å². The van der Waals surface area contributed by atoms with E-state index in [4.69, 9.17) is 14.2 Å². The number of anilines is 1. The fourth-order valence-corrected chi connectivity index (χ4v) is 3.39. The van der Waals surface area contributed by atoms with Crippen LogP contribution in [0.25, 0.3) is 0 Å². The molecule has 2 saturated heterocycles. The molecule has 0 bridgehead atoms. The number of ether oxygens (including phenoxy) is 3. The lowest BCUT2D eigenvalue weighted by Crippen LogP contribution is -2.42. The maximum Gasteiger partial charge on any atom is 0.409 e. The van der Waals surface area contributed by atoms with E-state index in [1.807, 2.05) is 13.0 Å². The second-order valence-corrected chi connectivity index (χ2v) is 6.69. The zero-order valence-corrected chi connectivity index (χ0v) is 15.6. The van der Waals surface area contributed by atoms with Crippen molar-refractivity contribution >= 4 is 11.9 Å². The van der Waals surface area contributed by atoms with Crippen LogP contribution in [0.15, 0.2) is 6.07 Å². The molecule has 2 aliphatic heterocycles. The quantitative estimate of drug-likeness (QED) is 0.828. The second-order valence-electron chi connectivity index (χ2n) is 6.69. The van der Waals surface area contributed by atoms with E-state index in [0.29, 0.717) is 44.7 Å². The summed E-state index contributed by atoms with van der Waals surface area (Å²) in [6.07, 6.45) is 2.49. The van der Waals surface area contributed by atoms with Gasteiger partial charge in [0.1, 0.15) is 12.4 Å². The van der Waals surface area contributed by atoms with Gasteiger partial charge in [-0.1, -0.05) is 0 Å². The van der Waals surface area contributed by atoms with E-state index in [1.165, 1.54) is 0 Å². The molecule has 1 aromatic heterocycles. The largest absolute Gasteiger partial charge is 0.450 e. The molecule has 0 aromatic carbocycles. The van der Waals surface area contributed by atoms with Crippen molar-refractivity contribution in [3.8, 4) is 0 Å². The normalized spacial score (nSPS) is 21.0. The Hall–Kier alpha value is -1.93. The predicted octanol–water partition coefficient (Wildman–Crippen LogP) is 2.16. The van der Waals surface area contributed by atoms with Crippen LogP contribution in [0.4, 0.5) is 10.6 Å². The highest BCUT2D eigenvalue weighted by atomic mass is 16.6. The molecule has 0 saturated carbocycles. The fraction of sp³-hybridized carbons (Fsp3) is 0.722. The van der Waals surface area contributed by atoms with Gasteiger partial charge >= 0.3 is 6.09 Å². The van der Waals surface area contributed by atoms with Crippen LogP contribution >= 0.6 is 0 Å². The Morgan fingerprint density at radius 3 is 2.81 bits per heavy atom. The average Bonchev–Trinajstić information content (AvgIpc) is 3.17. The predicted molar refractivity (Wildman–Crippen MR) is 96.2 cm³/mol. The second kappa shape index (κ2) is 9.14. The van der Waals surface area contributed by atoms with Gasteiger partial charge in [-0.3, -0.25) is 0 Å². The van der Waals surface area contributed by atoms with Crippen LogP contribution in [0.1, 0.15) is 43.6 Å². The molecular weight excluding hydrogens is 336 g/mol. The molecule has 3 rings (SSSR count).